The highest BCUT2D eigenvalue weighted by atomic mass is 16.7. The van der Waals surface area contributed by atoms with Crippen molar-refractivity contribution < 1.29 is 23.8 Å². The van der Waals surface area contributed by atoms with Gasteiger partial charge in [0.15, 0.2) is 5.79 Å². The van der Waals surface area contributed by atoms with E-state index in [1.165, 1.54) is 0 Å². The Bertz CT molecular complexity index is 729. The van der Waals surface area contributed by atoms with Crippen molar-refractivity contribution in [1.82, 2.24) is 14.7 Å². The minimum Gasteiger partial charge on any atom is -0.466 e. The third-order valence-electron chi connectivity index (χ3n) is 5.17. The number of esters is 1. The molecule has 0 radical (unpaired) electrons. The van der Waals surface area contributed by atoms with Gasteiger partial charge in [0, 0.05) is 19.6 Å². The summed E-state index contributed by atoms with van der Waals surface area (Å²) >= 11 is 0. The molecule has 0 unspecified atom stereocenters. The lowest BCUT2D eigenvalue weighted by Gasteiger charge is -2.26. The number of nitrogens with zero attached hydrogens (tertiary/aromatic N) is 3. The number of aromatic nitrogens is 2. The van der Waals surface area contributed by atoms with Crippen LogP contribution in [-0.2, 0) is 25.5 Å². The lowest BCUT2D eigenvalue weighted by atomic mass is 10.2. The Morgan fingerprint density at radius 2 is 2.11 bits per heavy atom. The molecular formula is C20H31N3O5. The number of amides is 1. The van der Waals surface area contributed by atoms with E-state index in [4.69, 9.17) is 14.2 Å². The number of aryl methyl sites for hydroxylation is 2. The third-order valence-corrected chi connectivity index (χ3v) is 5.17. The van der Waals surface area contributed by atoms with Gasteiger partial charge in [-0.2, -0.15) is 5.10 Å². The zero-order valence-electron chi connectivity index (χ0n) is 17.4. The molecule has 1 aliphatic carbocycles. The number of ether oxygens (including phenoxy) is 3. The fourth-order valence-corrected chi connectivity index (χ4v) is 3.73. The third kappa shape index (κ3) is 4.72. The normalized spacial score (nSPS) is 25.5. The van der Waals surface area contributed by atoms with Gasteiger partial charge in [0.25, 0.3) is 5.91 Å². The standard InChI is InChI=1S/C20H31N3O5/c1-6-23-17(8-13(3)21-23)18(24)22(11-15-12-27-20(4,5)28-15)10-14-9-16(14)19(25)26-7-2/h8,14-16H,6-7,9-12H2,1-5H3/t14-,15-,16-/m1/s1. The number of carbonyl (C=O) groups is 2. The Morgan fingerprint density at radius 1 is 1.36 bits per heavy atom. The second kappa shape index (κ2) is 8.21. The molecule has 2 heterocycles. The van der Waals surface area contributed by atoms with Crippen LogP contribution in [0.1, 0.15) is 50.3 Å². The van der Waals surface area contributed by atoms with Crippen molar-refractivity contribution in [1.29, 1.82) is 0 Å². The number of hydrogen-bond donors (Lipinski definition) is 0. The molecule has 0 bridgehead atoms. The summed E-state index contributed by atoms with van der Waals surface area (Å²) in [6, 6.07) is 1.81. The van der Waals surface area contributed by atoms with E-state index in [1.54, 1.807) is 16.5 Å². The van der Waals surface area contributed by atoms with Gasteiger partial charge in [-0.25, -0.2) is 0 Å². The van der Waals surface area contributed by atoms with E-state index in [1.807, 2.05) is 33.8 Å². The largest absolute Gasteiger partial charge is 0.466 e. The predicted molar refractivity (Wildman–Crippen MR) is 102 cm³/mol. The molecule has 0 spiro atoms. The van der Waals surface area contributed by atoms with E-state index in [0.29, 0.717) is 38.5 Å². The van der Waals surface area contributed by atoms with E-state index in [0.717, 1.165) is 12.1 Å². The summed E-state index contributed by atoms with van der Waals surface area (Å²) in [6.07, 6.45) is 0.556. The fraction of sp³-hybridized carbons (Fsp3) is 0.750. The smallest absolute Gasteiger partial charge is 0.309 e. The predicted octanol–water partition coefficient (Wildman–Crippen LogP) is 2.00. The van der Waals surface area contributed by atoms with Crippen LogP contribution in [0.4, 0.5) is 0 Å². The average Bonchev–Trinajstić information content (AvgIpc) is 3.17. The van der Waals surface area contributed by atoms with Crippen LogP contribution in [0.3, 0.4) is 0 Å². The molecule has 0 N–H and O–H groups in total. The zero-order valence-corrected chi connectivity index (χ0v) is 17.4. The zero-order chi connectivity index (χ0) is 20.5. The van der Waals surface area contributed by atoms with Crippen molar-refractivity contribution in [2.75, 3.05) is 26.3 Å². The number of rotatable bonds is 8. The summed E-state index contributed by atoms with van der Waals surface area (Å²) in [6.45, 7) is 11.7. The highest BCUT2D eigenvalue weighted by molar-refractivity contribution is 5.93. The first-order valence-electron chi connectivity index (χ1n) is 10.1. The van der Waals surface area contributed by atoms with Crippen LogP contribution in [0.15, 0.2) is 6.07 Å². The SMILES string of the molecule is CCOC(=O)[C@@H]1C[C@@H]1CN(C[C@@H]1COC(C)(C)O1)C(=O)c1cc(C)nn1CC. The van der Waals surface area contributed by atoms with E-state index in [9.17, 15) is 9.59 Å². The monoisotopic (exact) mass is 393 g/mol. The van der Waals surface area contributed by atoms with Gasteiger partial charge in [0.1, 0.15) is 11.8 Å². The average molecular weight is 393 g/mol. The van der Waals surface area contributed by atoms with Crippen LogP contribution < -0.4 is 0 Å². The molecular weight excluding hydrogens is 362 g/mol. The van der Waals surface area contributed by atoms with Crippen molar-refractivity contribution in [3.63, 3.8) is 0 Å². The maximum absolute atomic E-state index is 13.3. The van der Waals surface area contributed by atoms with Crippen molar-refractivity contribution in [2.45, 2.75) is 59.5 Å². The van der Waals surface area contributed by atoms with Crippen molar-refractivity contribution in [3.8, 4) is 0 Å². The van der Waals surface area contributed by atoms with Gasteiger partial charge in [-0.15, -0.1) is 0 Å². The van der Waals surface area contributed by atoms with Crippen LogP contribution in [0.5, 0.6) is 0 Å². The summed E-state index contributed by atoms with van der Waals surface area (Å²) in [5, 5.41) is 4.39. The van der Waals surface area contributed by atoms with Crippen molar-refractivity contribution in [2.24, 2.45) is 11.8 Å². The molecule has 2 fully saturated rings. The van der Waals surface area contributed by atoms with Gasteiger partial charge < -0.3 is 19.1 Å². The molecule has 3 atom stereocenters. The van der Waals surface area contributed by atoms with Crippen LogP contribution in [-0.4, -0.2) is 64.8 Å². The Balaban J connectivity index is 1.73. The van der Waals surface area contributed by atoms with E-state index in [-0.39, 0.29) is 29.8 Å². The molecule has 28 heavy (non-hydrogen) atoms. The van der Waals surface area contributed by atoms with E-state index < -0.39 is 5.79 Å². The first-order valence-corrected chi connectivity index (χ1v) is 10.1. The summed E-state index contributed by atoms with van der Waals surface area (Å²) in [5.41, 5.74) is 1.37. The Labute approximate surface area is 166 Å². The number of hydrogen-bond acceptors (Lipinski definition) is 6. The lowest BCUT2D eigenvalue weighted by molar-refractivity contribution is -0.145. The van der Waals surface area contributed by atoms with Gasteiger partial charge >= 0.3 is 5.97 Å². The second-order valence-corrected chi connectivity index (χ2v) is 8.00. The summed E-state index contributed by atoms with van der Waals surface area (Å²) in [5.74, 6) is -0.905. The summed E-state index contributed by atoms with van der Waals surface area (Å²) < 4.78 is 18.4. The molecule has 2 aliphatic rings. The summed E-state index contributed by atoms with van der Waals surface area (Å²) in [7, 11) is 0. The van der Waals surface area contributed by atoms with Crippen LogP contribution >= 0.6 is 0 Å². The maximum Gasteiger partial charge on any atom is 0.309 e. The molecule has 3 rings (SSSR count). The van der Waals surface area contributed by atoms with Crippen molar-refractivity contribution in [3.05, 3.63) is 17.5 Å². The first-order chi connectivity index (χ1) is 13.2. The molecule has 8 heteroatoms. The van der Waals surface area contributed by atoms with Gasteiger partial charge in [0.2, 0.25) is 0 Å². The Kier molecular flexibility index (Phi) is 6.09. The van der Waals surface area contributed by atoms with Gasteiger partial charge in [-0.05, 0) is 53.0 Å². The second-order valence-electron chi connectivity index (χ2n) is 8.00. The van der Waals surface area contributed by atoms with Gasteiger partial charge in [-0.1, -0.05) is 0 Å². The quantitative estimate of drug-likeness (QED) is 0.628. The fourth-order valence-electron chi connectivity index (χ4n) is 3.73. The maximum atomic E-state index is 13.3. The summed E-state index contributed by atoms with van der Waals surface area (Å²) in [4.78, 5) is 27.1. The molecule has 1 aliphatic heterocycles. The van der Waals surface area contributed by atoms with E-state index in [2.05, 4.69) is 5.10 Å². The number of carbonyl (C=O) groups excluding carboxylic acids is 2. The van der Waals surface area contributed by atoms with Crippen molar-refractivity contribution >= 4 is 11.9 Å². The minimum absolute atomic E-state index is 0.0923. The highest BCUT2D eigenvalue weighted by Gasteiger charge is 2.46. The van der Waals surface area contributed by atoms with E-state index >= 15 is 0 Å². The topological polar surface area (TPSA) is 82.9 Å². The minimum atomic E-state index is -0.645. The molecule has 156 valence electrons. The molecule has 1 aromatic rings. The van der Waals surface area contributed by atoms with Crippen LogP contribution in [0.2, 0.25) is 0 Å². The van der Waals surface area contributed by atoms with Gasteiger partial charge in [0.05, 0.1) is 24.8 Å². The Morgan fingerprint density at radius 3 is 2.71 bits per heavy atom. The highest BCUT2D eigenvalue weighted by Crippen LogP contribution is 2.40. The first kappa shape index (κ1) is 20.8. The molecule has 1 amide bonds. The molecule has 1 saturated carbocycles. The van der Waals surface area contributed by atoms with Crippen LogP contribution in [0.25, 0.3) is 0 Å². The van der Waals surface area contributed by atoms with Crippen LogP contribution in [0, 0.1) is 18.8 Å². The molecule has 1 saturated heterocycles. The lowest BCUT2D eigenvalue weighted by Crippen LogP contribution is -2.41. The molecule has 8 nitrogen and oxygen atoms in total. The molecule has 0 aromatic carbocycles. The molecule has 1 aromatic heterocycles. The Hall–Kier alpha value is -1.93. The van der Waals surface area contributed by atoms with Gasteiger partial charge in [-0.3, -0.25) is 14.3 Å².